The summed E-state index contributed by atoms with van der Waals surface area (Å²) in [7, 11) is 1.57. The molecule has 0 bridgehead atoms. The van der Waals surface area contributed by atoms with Gasteiger partial charge in [-0.15, -0.1) is 0 Å². The minimum atomic E-state index is -0.919. The average molecular weight is 453 g/mol. The summed E-state index contributed by atoms with van der Waals surface area (Å²) in [5.74, 6) is -1.18. The van der Waals surface area contributed by atoms with Gasteiger partial charge in [-0.2, -0.15) is 0 Å². The van der Waals surface area contributed by atoms with E-state index in [1.54, 1.807) is 31.8 Å². The summed E-state index contributed by atoms with van der Waals surface area (Å²) >= 11 is 0. The number of aromatic nitrogens is 2. The largest absolute Gasteiger partial charge is 0.497 e. The van der Waals surface area contributed by atoms with Gasteiger partial charge in [-0.1, -0.05) is 0 Å². The molecule has 1 aliphatic rings. The molecule has 1 saturated heterocycles. The first-order valence-electron chi connectivity index (χ1n) is 10.9. The fourth-order valence-corrected chi connectivity index (χ4v) is 4.46. The lowest BCUT2D eigenvalue weighted by atomic mass is 10.0. The van der Waals surface area contributed by atoms with E-state index in [9.17, 15) is 14.7 Å². The van der Waals surface area contributed by atoms with Crippen LogP contribution in [0.5, 0.6) is 5.75 Å². The number of methoxy groups -OCH3 is 1. The number of piperazine rings is 1. The Morgan fingerprint density at radius 2 is 1.82 bits per heavy atom. The van der Waals surface area contributed by atoms with Crippen molar-refractivity contribution >= 4 is 22.8 Å². The minimum absolute atomic E-state index is 0.0410. The van der Waals surface area contributed by atoms with Crippen molar-refractivity contribution in [2.24, 2.45) is 0 Å². The molecule has 3 heterocycles. The summed E-state index contributed by atoms with van der Waals surface area (Å²) in [6.45, 7) is 3.83. The number of carboxylic acid groups (broad SMARTS) is 2. The molecule has 33 heavy (non-hydrogen) atoms. The normalized spacial score (nSPS) is 16.0. The number of fused-ring (bicyclic) bond motifs is 1. The van der Waals surface area contributed by atoms with Crippen molar-refractivity contribution in [3.05, 3.63) is 60.0 Å². The van der Waals surface area contributed by atoms with Crippen molar-refractivity contribution in [2.75, 3.05) is 33.3 Å². The number of hydrogen-bond acceptors (Lipinski definition) is 6. The molecule has 2 N–H and O–H groups in total. The van der Waals surface area contributed by atoms with E-state index in [4.69, 9.17) is 9.84 Å². The van der Waals surface area contributed by atoms with E-state index >= 15 is 0 Å². The zero-order chi connectivity index (χ0) is 23.4. The van der Waals surface area contributed by atoms with E-state index in [-0.39, 0.29) is 13.0 Å². The molecule has 0 amide bonds. The number of ether oxygens (including phenoxy) is 1. The lowest BCUT2D eigenvalue weighted by Crippen LogP contribution is -2.48. The van der Waals surface area contributed by atoms with Crippen LogP contribution in [0, 0.1) is 0 Å². The maximum absolute atomic E-state index is 12.4. The topological polar surface area (TPSA) is 108 Å². The number of nitrogens with zero attached hydrogens (tertiary/aromatic N) is 4. The van der Waals surface area contributed by atoms with Gasteiger partial charge in [0.15, 0.2) is 0 Å². The van der Waals surface area contributed by atoms with E-state index in [2.05, 4.69) is 9.88 Å². The molecule has 1 aromatic carbocycles. The van der Waals surface area contributed by atoms with Crippen molar-refractivity contribution < 1.29 is 24.5 Å². The third kappa shape index (κ3) is 5.15. The number of benzene rings is 1. The maximum Gasteiger partial charge on any atom is 0.325 e. The van der Waals surface area contributed by atoms with Crippen LogP contribution in [0.3, 0.4) is 0 Å². The molecule has 4 rings (SSSR count). The van der Waals surface area contributed by atoms with E-state index < -0.39 is 18.0 Å². The second kappa shape index (κ2) is 10.0. The third-order valence-corrected chi connectivity index (χ3v) is 6.14. The molecule has 0 saturated carbocycles. The van der Waals surface area contributed by atoms with Crippen LogP contribution in [0.2, 0.25) is 0 Å². The first kappa shape index (κ1) is 22.8. The van der Waals surface area contributed by atoms with Gasteiger partial charge in [-0.3, -0.25) is 24.4 Å². The third-order valence-electron chi connectivity index (χ3n) is 6.14. The molecule has 1 fully saturated rings. The molecule has 174 valence electrons. The minimum Gasteiger partial charge on any atom is -0.497 e. The number of rotatable bonds is 9. The quantitative estimate of drug-likeness (QED) is 0.510. The van der Waals surface area contributed by atoms with E-state index in [0.717, 1.165) is 30.5 Å². The summed E-state index contributed by atoms with van der Waals surface area (Å²) in [6.07, 6.45) is 5.30. The lowest BCUT2D eigenvalue weighted by Gasteiger charge is -2.37. The standard InChI is InChI=1S/C24H28N4O5/c1-33-18-2-3-21-19(14-18)20(16-28(21)9-6-22(29)30)23(24(31)32)27-12-10-26(11-13-27)15-17-4-7-25-8-5-17/h2-5,7-8,14,16,23H,6,9-13,15H2,1H3,(H,29,30)(H,31,32)/t23-/m0/s1. The van der Waals surface area contributed by atoms with Crippen LogP contribution in [0.15, 0.2) is 48.9 Å². The monoisotopic (exact) mass is 452 g/mol. The molecule has 0 radical (unpaired) electrons. The Bertz CT molecular complexity index is 1120. The maximum atomic E-state index is 12.4. The second-order valence-corrected chi connectivity index (χ2v) is 8.21. The Morgan fingerprint density at radius 3 is 2.45 bits per heavy atom. The average Bonchev–Trinajstić information content (AvgIpc) is 3.16. The van der Waals surface area contributed by atoms with Crippen molar-refractivity contribution in [1.82, 2.24) is 19.4 Å². The Hall–Kier alpha value is -3.43. The predicted molar refractivity (Wildman–Crippen MR) is 122 cm³/mol. The van der Waals surface area contributed by atoms with Gasteiger partial charge in [0.1, 0.15) is 11.8 Å². The fraction of sp³-hybridized carbons (Fsp3) is 0.375. The van der Waals surface area contributed by atoms with Gasteiger partial charge in [-0.05, 0) is 35.9 Å². The molecule has 2 aromatic heterocycles. The van der Waals surface area contributed by atoms with Crippen molar-refractivity contribution in [2.45, 2.75) is 25.6 Å². The molecule has 0 unspecified atom stereocenters. The number of hydrogen-bond donors (Lipinski definition) is 2. The number of aliphatic carboxylic acids is 2. The number of pyridine rings is 1. The number of carbonyl (C=O) groups is 2. The summed E-state index contributed by atoms with van der Waals surface area (Å²) in [6, 6.07) is 8.64. The molecular formula is C24H28N4O5. The van der Waals surface area contributed by atoms with Crippen LogP contribution in [-0.4, -0.2) is 74.8 Å². The van der Waals surface area contributed by atoms with Crippen LogP contribution in [0.1, 0.15) is 23.6 Å². The van der Waals surface area contributed by atoms with Gasteiger partial charge in [0.05, 0.1) is 13.5 Å². The molecule has 0 spiro atoms. The second-order valence-electron chi connectivity index (χ2n) is 8.21. The van der Waals surface area contributed by atoms with Crippen molar-refractivity contribution in [3.63, 3.8) is 0 Å². The SMILES string of the molecule is COc1ccc2c(c1)c([C@@H](C(=O)O)N1CCN(Cc3ccncc3)CC1)cn2CCC(=O)O. The van der Waals surface area contributed by atoms with Gasteiger partial charge < -0.3 is 19.5 Å². The summed E-state index contributed by atoms with van der Waals surface area (Å²) in [5, 5.41) is 20.1. The lowest BCUT2D eigenvalue weighted by molar-refractivity contribution is -0.144. The van der Waals surface area contributed by atoms with Crippen molar-refractivity contribution in [1.29, 1.82) is 0 Å². The Kier molecular flexibility index (Phi) is 6.90. The van der Waals surface area contributed by atoms with E-state index in [0.29, 0.717) is 24.4 Å². The van der Waals surface area contributed by atoms with Crippen LogP contribution < -0.4 is 4.74 Å². The van der Waals surface area contributed by atoms with Gasteiger partial charge in [-0.25, -0.2) is 0 Å². The Labute approximate surface area is 191 Å². The van der Waals surface area contributed by atoms with Crippen LogP contribution in [0.25, 0.3) is 10.9 Å². The summed E-state index contributed by atoms with van der Waals surface area (Å²) < 4.78 is 7.19. The predicted octanol–water partition coefficient (Wildman–Crippen LogP) is 2.46. The van der Waals surface area contributed by atoms with Gasteiger partial charge in [0.2, 0.25) is 0 Å². The number of carboxylic acids is 2. The molecule has 0 aliphatic carbocycles. The van der Waals surface area contributed by atoms with Gasteiger partial charge in [0, 0.05) is 74.3 Å². The highest BCUT2D eigenvalue weighted by molar-refractivity contribution is 5.90. The van der Waals surface area contributed by atoms with Gasteiger partial charge in [0.25, 0.3) is 0 Å². The van der Waals surface area contributed by atoms with Crippen LogP contribution in [-0.2, 0) is 22.7 Å². The summed E-state index contributed by atoms with van der Waals surface area (Å²) in [4.78, 5) is 31.9. The molecular weight excluding hydrogens is 424 g/mol. The number of aryl methyl sites for hydroxylation is 1. The van der Waals surface area contributed by atoms with Crippen molar-refractivity contribution in [3.8, 4) is 5.75 Å². The van der Waals surface area contributed by atoms with E-state index in [1.165, 1.54) is 5.56 Å². The zero-order valence-corrected chi connectivity index (χ0v) is 18.6. The highest BCUT2D eigenvalue weighted by atomic mass is 16.5. The molecule has 3 aromatic rings. The molecule has 9 nitrogen and oxygen atoms in total. The molecule has 1 atom stereocenters. The highest BCUT2D eigenvalue weighted by Gasteiger charge is 2.33. The Balaban J connectivity index is 1.59. The van der Waals surface area contributed by atoms with Crippen LogP contribution in [0.4, 0.5) is 0 Å². The highest BCUT2D eigenvalue weighted by Crippen LogP contribution is 2.34. The smallest absolute Gasteiger partial charge is 0.325 e. The molecule has 1 aliphatic heterocycles. The first-order valence-corrected chi connectivity index (χ1v) is 10.9. The zero-order valence-electron chi connectivity index (χ0n) is 18.6. The fourth-order valence-electron chi connectivity index (χ4n) is 4.46. The van der Waals surface area contributed by atoms with Crippen LogP contribution >= 0.6 is 0 Å². The molecule has 9 heteroatoms. The summed E-state index contributed by atoms with van der Waals surface area (Å²) in [5.41, 5.74) is 2.64. The first-order chi connectivity index (χ1) is 16.0. The van der Waals surface area contributed by atoms with E-state index in [1.807, 2.05) is 33.7 Å². The Morgan fingerprint density at radius 1 is 1.09 bits per heavy atom. The van der Waals surface area contributed by atoms with Gasteiger partial charge >= 0.3 is 11.9 Å².